The van der Waals surface area contributed by atoms with Gasteiger partial charge in [0, 0.05) is 11.5 Å². The van der Waals surface area contributed by atoms with Crippen molar-refractivity contribution >= 4 is 12.4 Å². The first-order valence-corrected chi connectivity index (χ1v) is 6.56. The van der Waals surface area contributed by atoms with Gasteiger partial charge in [-0.3, -0.25) is 0 Å². The highest BCUT2D eigenvalue weighted by atomic mass is 35.5. The molecule has 1 aliphatic carbocycles. The molecule has 0 aliphatic heterocycles. The Hall–Kier alpha value is -0.600. The van der Waals surface area contributed by atoms with E-state index in [4.69, 9.17) is 5.73 Å². The van der Waals surface area contributed by atoms with E-state index in [1.165, 1.54) is 12.0 Å². The third-order valence-electron chi connectivity index (χ3n) is 4.10. The van der Waals surface area contributed by atoms with Crippen molar-refractivity contribution in [1.82, 2.24) is 0 Å². The van der Waals surface area contributed by atoms with Gasteiger partial charge in [-0.25, -0.2) is 4.39 Å². The quantitative estimate of drug-likeness (QED) is 0.879. The van der Waals surface area contributed by atoms with Gasteiger partial charge < -0.3 is 5.73 Å². The van der Waals surface area contributed by atoms with E-state index in [0.717, 1.165) is 19.3 Å². The third kappa shape index (κ3) is 2.86. The van der Waals surface area contributed by atoms with Crippen molar-refractivity contribution in [3.8, 4) is 0 Å². The lowest BCUT2D eigenvalue weighted by Crippen LogP contribution is -2.50. The number of hydrogen-bond donors (Lipinski definition) is 1. The molecular weight excluding hydrogens is 249 g/mol. The van der Waals surface area contributed by atoms with Crippen molar-refractivity contribution < 1.29 is 4.39 Å². The molecule has 0 radical (unpaired) electrons. The first-order valence-electron chi connectivity index (χ1n) is 6.56. The average Bonchev–Trinajstić information content (AvgIpc) is 2.18. The smallest absolute Gasteiger partial charge is 0.123 e. The van der Waals surface area contributed by atoms with Crippen molar-refractivity contribution in [2.24, 2.45) is 11.7 Å². The molecule has 1 aromatic carbocycles. The van der Waals surface area contributed by atoms with Crippen molar-refractivity contribution in [3.63, 3.8) is 0 Å². The summed E-state index contributed by atoms with van der Waals surface area (Å²) in [6.45, 7) is 4.41. The highest BCUT2D eigenvalue weighted by Crippen LogP contribution is 2.47. The summed E-state index contributed by atoms with van der Waals surface area (Å²) in [6, 6.07) is 7.12. The molecule has 0 amide bonds. The lowest BCUT2D eigenvalue weighted by molar-refractivity contribution is 0.178. The minimum atomic E-state index is -0.166. The maximum atomic E-state index is 13.0. The highest BCUT2D eigenvalue weighted by Gasteiger charge is 2.43. The van der Waals surface area contributed by atoms with E-state index in [1.54, 1.807) is 12.1 Å². The van der Waals surface area contributed by atoms with Crippen LogP contribution in [0.1, 0.15) is 45.1 Å². The Labute approximate surface area is 115 Å². The Morgan fingerprint density at radius 2 is 1.78 bits per heavy atom. The van der Waals surface area contributed by atoms with Crippen LogP contribution < -0.4 is 5.73 Å². The second-order valence-electron chi connectivity index (χ2n) is 5.75. The van der Waals surface area contributed by atoms with Crippen molar-refractivity contribution in [2.45, 2.75) is 51.0 Å². The molecule has 1 aromatic rings. The second-order valence-corrected chi connectivity index (χ2v) is 5.75. The molecule has 2 rings (SSSR count). The first kappa shape index (κ1) is 15.5. The topological polar surface area (TPSA) is 26.0 Å². The SMILES string of the molecule is CC(C)CC(N)C1(c2ccc(F)cc2)CCC1.Cl. The number of benzene rings is 1. The Morgan fingerprint density at radius 3 is 2.17 bits per heavy atom. The predicted molar refractivity (Wildman–Crippen MR) is 76.6 cm³/mol. The molecule has 0 heterocycles. The number of halogens is 2. The van der Waals surface area contributed by atoms with E-state index in [-0.39, 0.29) is 29.7 Å². The second kappa shape index (κ2) is 6.03. The summed E-state index contributed by atoms with van der Waals surface area (Å²) >= 11 is 0. The third-order valence-corrected chi connectivity index (χ3v) is 4.10. The molecule has 102 valence electrons. The highest BCUT2D eigenvalue weighted by molar-refractivity contribution is 5.85. The van der Waals surface area contributed by atoms with Gasteiger partial charge >= 0.3 is 0 Å². The lowest BCUT2D eigenvalue weighted by Gasteiger charge is -2.47. The van der Waals surface area contributed by atoms with E-state index < -0.39 is 0 Å². The normalized spacial score (nSPS) is 18.9. The molecule has 0 aromatic heterocycles. The van der Waals surface area contributed by atoms with Crippen LogP contribution in [0.25, 0.3) is 0 Å². The fraction of sp³-hybridized carbons (Fsp3) is 0.600. The van der Waals surface area contributed by atoms with Crippen LogP contribution in [-0.2, 0) is 5.41 Å². The van der Waals surface area contributed by atoms with Gasteiger partial charge in [0.2, 0.25) is 0 Å². The van der Waals surface area contributed by atoms with Crippen LogP contribution in [0.5, 0.6) is 0 Å². The van der Waals surface area contributed by atoms with Gasteiger partial charge in [0.15, 0.2) is 0 Å². The molecule has 1 unspecified atom stereocenters. The van der Waals surface area contributed by atoms with Crippen molar-refractivity contribution in [1.29, 1.82) is 0 Å². The first-order chi connectivity index (χ1) is 8.04. The molecule has 1 fully saturated rings. The van der Waals surface area contributed by atoms with Gasteiger partial charge in [0.05, 0.1) is 0 Å². The van der Waals surface area contributed by atoms with Crippen LogP contribution in [0.3, 0.4) is 0 Å². The maximum Gasteiger partial charge on any atom is 0.123 e. The molecule has 18 heavy (non-hydrogen) atoms. The van der Waals surface area contributed by atoms with Crippen molar-refractivity contribution in [3.05, 3.63) is 35.6 Å². The zero-order chi connectivity index (χ0) is 12.5. The van der Waals surface area contributed by atoms with E-state index >= 15 is 0 Å². The largest absolute Gasteiger partial charge is 0.327 e. The molecule has 1 aliphatic rings. The van der Waals surface area contributed by atoms with E-state index in [2.05, 4.69) is 13.8 Å². The van der Waals surface area contributed by atoms with Gasteiger partial charge in [-0.1, -0.05) is 32.4 Å². The summed E-state index contributed by atoms with van der Waals surface area (Å²) in [6.07, 6.45) is 4.57. The Kier molecular flexibility index (Phi) is 5.18. The van der Waals surface area contributed by atoms with Crippen LogP contribution in [0, 0.1) is 11.7 Å². The zero-order valence-electron chi connectivity index (χ0n) is 11.2. The minimum Gasteiger partial charge on any atom is -0.327 e. The van der Waals surface area contributed by atoms with Crippen LogP contribution >= 0.6 is 12.4 Å². The molecule has 3 heteroatoms. The average molecular weight is 272 g/mol. The number of rotatable bonds is 4. The summed E-state index contributed by atoms with van der Waals surface area (Å²) in [4.78, 5) is 0. The minimum absolute atomic E-state index is 0. The van der Waals surface area contributed by atoms with Crippen LogP contribution in [0.4, 0.5) is 4.39 Å². The number of hydrogen-bond acceptors (Lipinski definition) is 1. The Balaban J connectivity index is 0.00000162. The predicted octanol–water partition coefficient (Wildman–Crippen LogP) is 4.04. The van der Waals surface area contributed by atoms with Gasteiger partial charge in [-0.15, -0.1) is 12.4 Å². The molecule has 1 saturated carbocycles. The zero-order valence-corrected chi connectivity index (χ0v) is 12.0. The summed E-state index contributed by atoms with van der Waals surface area (Å²) in [5.74, 6) is 0.448. The van der Waals surface area contributed by atoms with Gasteiger partial charge in [-0.05, 0) is 42.9 Å². The van der Waals surface area contributed by atoms with Crippen LogP contribution in [0.15, 0.2) is 24.3 Å². The van der Waals surface area contributed by atoms with Crippen molar-refractivity contribution in [2.75, 3.05) is 0 Å². The van der Waals surface area contributed by atoms with E-state index in [9.17, 15) is 4.39 Å². The molecule has 2 N–H and O–H groups in total. The van der Waals surface area contributed by atoms with Gasteiger partial charge in [0.25, 0.3) is 0 Å². The van der Waals surface area contributed by atoms with Crippen LogP contribution in [0.2, 0.25) is 0 Å². The lowest BCUT2D eigenvalue weighted by atomic mass is 9.59. The summed E-state index contributed by atoms with van der Waals surface area (Å²) < 4.78 is 13.0. The summed E-state index contributed by atoms with van der Waals surface area (Å²) in [5, 5.41) is 0. The molecule has 0 spiro atoms. The molecular formula is C15H23ClFN. The molecule has 0 bridgehead atoms. The molecule has 1 atom stereocenters. The molecule has 0 saturated heterocycles. The fourth-order valence-corrected chi connectivity index (χ4v) is 2.95. The monoisotopic (exact) mass is 271 g/mol. The Bertz CT molecular complexity index is 371. The van der Waals surface area contributed by atoms with Gasteiger partial charge in [-0.2, -0.15) is 0 Å². The van der Waals surface area contributed by atoms with E-state index in [1.807, 2.05) is 12.1 Å². The van der Waals surface area contributed by atoms with Crippen LogP contribution in [-0.4, -0.2) is 6.04 Å². The summed E-state index contributed by atoms with van der Waals surface area (Å²) in [5.41, 5.74) is 7.72. The maximum absolute atomic E-state index is 13.0. The standard InChI is InChI=1S/C15H22FN.ClH/c1-11(2)10-14(17)15(8-3-9-15)12-4-6-13(16)7-5-12;/h4-7,11,14H,3,8-10,17H2,1-2H3;1H. The molecule has 1 nitrogen and oxygen atoms in total. The van der Waals surface area contributed by atoms with E-state index in [0.29, 0.717) is 5.92 Å². The summed E-state index contributed by atoms with van der Waals surface area (Å²) in [7, 11) is 0. The fourth-order valence-electron chi connectivity index (χ4n) is 2.95. The van der Waals surface area contributed by atoms with Gasteiger partial charge in [0.1, 0.15) is 5.82 Å². The number of nitrogens with two attached hydrogens (primary N) is 1. The Morgan fingerprint density at radius 1 is 1.22 bits per heavy atom.